The molecule has 0 atom stereocenters. The summed E-state index contributed by atoms with van der Waals surface area (Å²) < 4.78 is 23.1. The molecule has 0 aliphatic heterocycles. The van der Waals surface area contributed by atoms with Crippen LogP contribution in [0.2, 0.25) is 0 Å². The summed E-state index contributed by atoms with van der Waals surface area (Å²) in [5.74, 6) is 1.58. The number of guanidine groups is 1. The fourth-order valence-electron chi connectivity index (χ4n) is 3.17. The average molecular weight is 507 g/mol. The minimum absolute atomic E-state index is 0. The van der Waals surface area contributed by atoms with Crippen LogP contribution in [0.5, 0.6) is 0 Å². The van der Waals surface area contributed by atoms with E-state index in [0.29, 0.717) is 12.5 Å². The quantitative estimate of drug-likeness (QED) is 0.233. The molecule has 0 amide bonds. The van der Waals surface area contributed by atoms with Gasteiger partial charge in [0.25, 0.3) is 0 Å². The highest BCUT2D eigenvalue weighted by Crippen LogP contribution is 2.45. The van der Waals surface area contributed by atoms with Crippen molar-refractivity contribution in [2.24, 2.45) is 10.4 Å². The van der Waals surface area contributed by atoms with Crippen molar-refractivity contribution in [2.45, 2.75) is 45.4 Å². The van der Waals surface area contributed by atoms with Gasteiger partial charge in [0.05, 0.1) is 5.75 Å². The first-order valence-electron chi connectivity index (χ1n) is 9.44. The van der Waals surface area contributed by atoms with E-state index in [9.17, 15) is 8.42 Å². The molecule has 2 N–H and O–H groups in total. The van der Waals surface area contributed by atoms with E-state index in [1.807, 2.05) is 0 Å². The normalized spacial score (nSPS) is 16.0. The molecule has 2 rings (SSSR count). The maximum absolute atomic E-state index is 11.5. The molecule has 27 heavy (non-hydrogen) atoms. The number of sulfone groups is 1. The largest absolute Gasteiger partial charge is 0.356 e. The zero-order valence-electron chi connectivity index (χ0n) is 16.9. The maximum Gasteiger partial charge on any atom is 0.190 e. The summed E-state index contributed by atoms with van der Waals surface area (Å²) in [6, 6.07) is 8.85. The number of nitrogens with zero attached hydrogens (tertiary/aromatic N) is 1. The Bertz CT molecular complexity index is 711. The maximum atomic E-state index is 11.5. The minimum Gasteiger partial charge on any atom is -0.356 e. The first-order chi connectivity index (χ1) is 12.2. The molecule has 1 aromatic carbocycles. The summed E-state index contributed by atoms with van der Waals surface area (Å²) in [4.78, 5) is 4.24. The molecule has 1 aliphatic carbocycles. The van der Waals surface area contributed by atoms with Gasteiger partial charge in [-0.2, -0.15) is 0 Å². The van der Waals surface area contributed by atoms with Gasteiger partial charge in [0.2, 0.25) is 0 Å². The zero-order chi connectivity index (χ0) is 19.2. The molecule has 1 aromatic rings. The molecule has 1 aliphatic rings. The third-order valence-electron chi connectivity index (χ3n) is 4.96. The number of halogens is 1. The molecule has 0 spiro atoms. The summed E-state index contributed by atoms with van der Waals surface area (Å²) >= 11 is 0. The zero-order valence-corrected chi connectivity index (χ0v) is 20.1. The first kappa shape index (κ1) is 24.2. The number of hydrogen-bond donors (Lipinski definition) is 2. The molecule has 0 saturated heterocycles. The van der Waals surface area contributed by atoms with Crippen LogP contribution in [-0.4, -0.2) is 46.5 Å². The lowest BCUT2D eigenvalue weighted by Crippen LogP contribution is -2.42. The Morgan fingerprint density at radius 1 is 1.19 bits per heavy atom. The van der Waals surface area contributed by atoms with Gasteiger partial charge in [-0.3, -0.25) is 4.99 Å². The Labute approximate surface area is 181 Å². The summed E-state index contributed by atoms with van der Waals surface area (Å²) in [5.41, 5.74) is 2.63. The molecule has 0 heterocycles. The van der Waals surface area contributed by atoms with Crippen LogP contribution in [0.3, 0.4) is 0 Å². The lowest BCUT2D eigenvalue weighted by molar-refractivity contribution is 0.529. The fraction of sp³-hybridized carbons (Fsp3) is 0.650. The predicted octanol–water partition coefficient (Wildman–Crippen LogP) is 3.35. The standard InChI is InChI=1S/C20H33N3O2S.HI/c1-16(2)18-9-7-17(8-10-18)6-5-13-22-19(21-3)23-14-20(11-12-20)15-26(4,24)25;/h7-10,16H,5-6,11-15H2,1-4H3,(H2,21,22,23);1H. The van der Waals surface area contributed by atoms with Crippen molar-refractivity contribution in [1.82, 2.24) is 10.6 Å². The van der Waals surface area contributed by atoms with Crippen LogP contribution in [0.15, 0.2) is 29.3 Å². The van der Waals surface area contributed by atoms with E-state index in [-0.39, 0.29) is 35.1 Å². The number of aliphatic imine (C=N–C) groups is 1. The Morgan fingerprint density at radius 2 is 1.81 bits per heavy atom. The molecule has 0 unspecified atom stereocenters. The Hall–Kier alpha value is -0.830. The molecular formula is C20H34IN3O2S. The van der Waals surface area contributed by atoms with Gasteiger partial charge < -0.3 is 10.6 Å². The number of rotatable bonds is 9. The van der Waals surface area contributed by atoms with E-state index >= 15 is 0 Å². The topological polar surface area (TPSA) is 70.6 Å². The van der Waals surface area contributed by atoms with Crippen molar-refractivity contribution < 1.29 is 8.42 Å². The van der Waals surface area contributed by atoms with Crippen molar-refractivity contribution >= 4 is 39.8 Å². The SMILES string of the molecule is CN=C(NCCCc1ccc(C(C)C)cc1)NCC1(CS(C)(=O)=O)CC1.I. The average Bonchev–Trinajstić information content (AvgIpc) is 3.32. The van der Waals surface area contributed by atoms with Crippen molar-refractivity contribution in [2.75, 3.05) is 32.1 Å². The number of aryl methyl sites for hydroxylation is 1. The third-order valence-corrected chi connectivity index (χ3v) is 6.10. The lowest BCUT2D eigenvalue weighted by Gasteiger charge is -2.17. The van der Waals surface area contributed by atoms with E-state index in [2.05, 4.69) is 53.7 Å². The van der Waals surface area contributed by atoms with E-state index < -0.39 is 9.84 Å². The van der Waals surface area contributed by atoms with Crippen molar-refractivity contribution in [3.63, 3.8) is 0 Å². The predicted molar refractivity (Wildman–Crippen MR) is 125 cm³/mol. The Balaban J connectivity index is 0.00000364. The van der Waals surface area contributed by atoms with Gasteiger partial charge in [-0.1, -0.05) is 38.1 Å². The van der Waals surface area contributed by atoms with Crippen molar-refractivity contribution in [3.8, 4) is 0 Å². The van der Waals surface area contributed by atoms with Crippen LogP contribution in [0, 0.1) is 5.41 Å². The van der Waals surface area contributed by atoms with Crippen LogP contribution in [0.4, 0.5) is 0 Å². The van der Waals surface area contributed by atoms with Crippen LogP contribution >= 0.6 is 24.0 Å². The van der Waals surface area contributed by atoms with Crippen molar-refractivity contribution in [1.29, 1.82) is 0 Å². The van der Waals surface area contributed by atoms with E-state index in [1.165, 1.54) is 17.4 Å². The van der Waals surface area contributed by atoms with Gasteiger partial charge in [0, 0.05) is 31.8 Å². The van der Waals surface area contributed by atoms with Gasteiger partial charge in [0.1, 0.15) is 9.84 Å². The molecule has 1 saturated carbocycles. The first-order valence-corrected chi connectivity index (χ1v) is 11.5. The monoisotopic (exact) mass is 507 g/mol. The molecule has 154 valence electrons. The molecular weight excluding hydrogens is 473 g/mol. The van der Waals surface area contributed by atoms with Gasteiger partial charge in [-0.05, 0) is 42.7 Å². The van der Waals surface area contributed by atoms with E-state index in [0.717, 1.165) is 38.2 Å². The third kappa shape index (κ3) is 8.81. The van der Waals surface area contributed by atoms with Gasteiger partial charge in [-0.15, -0.1) is 24.0 Å². The number of benzene rings is 1. The second kappa shape index (κ2) is 10.6. The second-order valence-electron chi connectivity index (χ2n) is 7.92. The highest BCUT2D eigenvalue weighted by atomic mass is 127. The smallest absolute Gasteiger partial charge is 0.190 e. The number of nitrogens with one attached hydrogen (secondary N) is 2. The van der Waals surface area contributed by atoms with Crippen molar-refractivity contribution in [3.05, 3.63) is 35.4 Å². The summed E-state index contributed by atoms with van der Waals surface area (Å²) in [7, 11) is -1.19. The molecule has 7 heteroatoms. The minimum atomic E-state index is -2.93. The molecule has 5 nitrogen and oxygen atoms in total. The summed E-state index contributed by atoms with van der Waals surface area (Å²) in [6.45, 7) is 5.92. The van der Waals surface area contributed by atoms with Crippen LogP contribution < -0.4 is 10.6 Å². The molecule has 0 aromatic heterocycles. The lowest BCUT2D eigenvalue weighted by atomic mass is 10.0. The fourth-order valence-corrected chi connectivity index (χ4v) is 4.67. The summed E-state index contributed by atoms with van der Waals surface area (Å²) in [6.07, 6.45) is 5.30. The highest BCUT2D eigenvalue weighted by molar-refractivity contribution is 14.0. The van der Waals surface area contributed by atoms with Gasteiger partial charge in [-0.25, -0.2) is 8.42 Å². The van der Waals surface area contributed by atoms with Gasteiger partial charge >= 0.3 is 0 Å². The van der Waals surface area contributed by atoms with E-state index in [1.54, 1.807) is 7.05 Å². The summed E-state index contributed by atoms with van der Waals surface area (Å²) in [5, 5.41) is 6.61. The number of hydrogen-bond acceptors (Lipinski definition) is 3. The molecule has 0 bridgehead atoms. The van der Waals surface area contributed by atoms with E-state index in [4.69, 9.17) is 0 Å². The van der Waals surface area contributed by atoms with Crippen LogP contribution in [0.25, 0.3) is 0 Å². The molecule has 0 radical (unpaired) electrons. The van der Waals surface area contributed by atoms with Gasteiger partial charge in [0.15, 0.2) is 5.96 Å². The second-order valence-corrected chi connectivity index (χ2v) is 10.1. The Kier molecular flexibility index (Phi) is 9.54. The van der Waals surface area contributed by atoms with Crippen LogP contribution in [-0.2, 0) is 16.3 Å². The highest BCUT2D eigenvalue weighted by Gasteiger charge is 2.45. The van der Waals surface area contributed by atoms with Crippen LogP contribution in [0.1, 0.15) is 50.2 Å². The Morgan fingerprint density at radius 3 is 2.30 bits per heavy atom. The molecule has 1 fully saturated rings.